The van der Waals surface area contributed by atoms with Gasteiger partial charge < -0.3 is 29.7 Å². The average Bonchev–Trinajstić information content (AvgIpc) is 2.91. The van der Waals surface area contributed by atoms with Crippen LogP contribution in [0.5, 0.6) is 23.0 Å². The highest BCUT2D eigenvalue weighted by Crippen LogP contribution is 2.48. The molecule has 206 valence electrons. The summed E-state index contributed by atoms with van der Waals surface area (Å²) in [6, 6.07) is 9.61. The van der Waals surface area contributed by atoms with Crippen molar-refractivity contribution < 1.29 is 24.4 Å². The summed E-state index contributed by atoms with van der Waals surface area (Å²) in [5.74, 6) is 4.69. The number of methoxy groups -OCH3 is 4. The van der Waals surface area contributed by atoms with Crippen molar-refractivity contribution >= 4 is 12.4 Å². The number of hydrogen-bond acceptors (Lipinski definition) is 6. The van der Waals surface area contributed by atoms with Crippen molar-refractivity contribution in [2.45, 2.75) is 51.1 Å². The van der Waals surface area contributed by atoms with Gasteiger partial charge in [-0.25, -0.2) is 0 Å². The lowest BCUT2D eigenvalue weighted by atomic mass is 9.72. The van der Waals surface area contributed by atoms with Crippen molar-refractivity contribution in [2.24, 2.45) is 11.8 Å². The molecule has 0 bridgehead atoms. The molecule has 4 atom stereocenters. The molecule has 0 spiro atoms. The fourth-order valence-electron chi connectivity index (χ4n) is 6.74. The number of nitrogens with one attached hydrogen (secondary N) is 1. The first-order valence-corrected chi connectivity index (χ1v) is 13.1. The summed E-state index contributed by atoms with van der Waals surface area (Å²) in [7, 11) is 6.90. The zero-order valence-corrected chi connectivity index (χ0v) is 23.6. The number of ether oxygens (including phenoxy) is 4. The Kier molecular flexibility index (Phi) is 9.98. The first-order valence-electron chi connectivity index (χ1n) is 13.1. The minimum atomic E-state index is 0. The van der Waals surface area contributed by atoms with Gasteiger partial charge in [-0.05, 0) is 90.6 Å². The summed E-state index contributed by atoms with van der Waals surface area (Å²) in [5, 5.41) is 3.83. The van der Waals surface area contributed by atoms with Gasteiger partial charge >= 0.3 is 0 Å². The minimum Gasteiger partial charge on any atom is -0.493 e. The normalized spacial score (nSPS) is 24.4. The molecule has 5 rings (SSSR count). The molecule has 0 aromatic heterocycles. The van der Waals surface area contributed by atoms with Crippen molar-refractivity contribution in [1.29, 1.82) is 0 Å². The van der Waals surface area contributed by atoms with Gasteiger partial charge in [0.2, 0.25) is 0 Å². The van der Waals surface area contributed by atoms with E-state index in [1.54, 1.807) is 28.4 Å². The van der Waals surface area contributed by atoms with Gasteiger partial charge in [0.25, 0.3) is 0 Å². The first kappa shape index (κ1) is 29.4. The van der Waals surface area contributed by atoms with Crippen LogP contribution >= 0.6 is 12.4 Å². The van der Waals surface area contributed by atoms with E-state index in [1.165, 1.54) is 41.6 Å². The van der Waals surface area contributed by atoms with Gasteiger partial charge in [0.05, 0.1) is 28.4 Å². The molecular formula is C29H43ClN2O5. The molecule has 0 radical (unpaired) electrons. The van der Waals surface area contributed by atoms with Crippen molar-refractivity contribution in [3.63, 3.8) is 0 Å². The van der Waals surface area contributed by atoms with Gasteiger partial charge in [-0.15, -0.1) is 12.4 Å². The van der Waals surface area contributed by atoms with Gasteiger partial charge in [0, 0.05) is 25.2 Å². The number of nitrogens with zero attached hydrogens (tertiary/aromatic N) is 1. The largest absolute Gasteiger partial charge is 0.493 e. The van der Waals surface area contributed by atoms with E-state index >= 15 is 0 Å². The van der Waals surface area contributed by atoms with E-state index < -0.39 is 0 Å². The van der Waals surface area contributed by atoms with Crippen LogP contribution < -0.4 is 24.3 Å². The van der Waals surface area contributed by atoms with Crippen molar-refractivity contribution in [3.05, 3.63) is 46.5 Å². The molecule has 1 fully saturated rings. The first-order chi connectivity index (χ1) is 17.1. The van der Waals surface area contributed by atoms with Crippen molar-refractivity contribution in [1.82, 2.24) is 10.2 Å². The van der Waals surface area contributed by atoms with Crippen molar-refractivity contribution in [3.8, 4) is 23.0 Å². The standard InChI is InChI=1S/C29H40N2O4.ClH.H2O/c1-6-18-17-31-10-8-20-14-27(33-3)29(35-5)16-23(20)25(31)12-21(18)11-24-22-15-28(34-4)26(32-2)13-19(22)7-9-30-24;;/h13-16,18,21,24-25,30H,6-12,17H2,1-5H3;1H;1H2/t18-,21-,24+,25-;;/m0../s1. The second-order valence-corrected chi connectivity index (χ2v) is 10.2. The fourth-order valence-corrected chi connectivity index (χ4v) is 6.74. The third-order valence-corrected chi connectivity index (χ3v) is 8.64. The Morgan fingerprint density at radius 1 is 0.811 bits per heavy atom. The van der Waals surface area contributed by atoms with Crippen LogP contribution in [-0.2, 0) is 12.8 Å². The minimum absolute atomic E-state index is 0. The van der Waals surface area contributed by atoms with Gasteiger partial charge in [0.15, 0.2) is 23.0 Å². The Morgan fingerprint density at radius 2 is 1.38 bits per heavy atom. The number of benzene rings is 2. The van der Waals surface area contributed by atoms with E-state index in [1.807, 2.05) is 0 Å². The lowest BCUT2D eigenvalue weighted by Crippen LogP contribution is -2.46. The molecule has 3 N–H and O–H groups in total. The van der Waals surface area contributed by atoms with Gasteiger partial charge in [0.1, 0.15) is 0 Å². The molecule has 2 aromatic carbocycles. The van der Waals surface area contributed by atoms with Gasteiger partial charge in [-0.2, -0.15) is 0 Å². The predicted octanol–water partition coefficient (Wildman–Crippen LogP) is 4.54. The lowest BCUT2D eigenvalue weighted by Gasteiger charge is -2.48. The van der Waals surface area contributed by atoms with Crippen LogP contribution in [-0.4, -0.2) is 58.4 Å². The number of fused-ring (bicyclic) bond motifs is 4. The summed E-state index contributed by atoms with van der Waals surface area (Å²) >= 11 is 0. The van der Waals surface area contributed by atoms with Crippen LogP contribution in [0.4, 0.5) is 0 Å². The van der Waals surface area contributed by atoms with Gasteiger partial charge in [-0.3, -0.25) is 4.90 Å². The molecule has 0 unspecified atom stereocenters. The smallest absolute Gasteiger partial charge is 0.161 e. The maximum atomic E-state index is 5.68. The van der Waals surface area contributed by atoms with Crippen LogP contribution in [0.25, 0.3) is 0 Å². The average molecular weight is 535 g/mol. The fraction of sp³-hybridized carbons (Fsp3) is 0.586. The Hall–Kier alpha value is -2.19. The highest BCUT2D eigenvalue weighted by atomic mass is 35.5. The highest BCUT2D eigenvalue weighted by molar-refractivity contribution is 5.85. The number of rotatable bonds is 7. The van der Waals surface area contributed by atoms with E-state index in [2.05, 4.69) is 41.4 Å². The van der Waals surface area contributed by atoms with Crippen LogP contribution in [0, 0.1) is 11.8 Å². The molecule has 0 amide bonds. The molecule has 8 heteroatoms. The third-order valence-electron chi connectivity index (χ3n) is 8.64. The molecule has 2 aromatic rings. The maximum absolute atomic E-state index is 5.68. The number of halogens is 1. The number of hydrogen-bond donors (Lipinski definition) is 1. The molecular weight excluding hydrogens is 492 g/mol. The summed E-state index contributed by atoms with van der Waals surface area (Å²) in [6.07, 6.45) is 5.65. The second-order valence-electron chi connectivity index (χ2n) is 10.2. The molecule has 3 heterocycles. The summed E-state index contributed by atoms with van der Waals surface area (Å²) in [6.45, 7) is 5.66. The van der Waals surface area contributed by atoms with E-state index in [4.69, 9.17) is 18.9 Å². The third kappa shape index (κ3) is 5.51. The molecule has 0 saturated carbocycles. The summed E-state index contributed by atoms with van der Waals surface area (Å²) in [5.41, 5.74) is 5.60. The molecule has 37 heavy (non-hydrogen) atoms. The van der Waals surface area contributed by atoms with Crippen molar-refractivity contribution in [2.75, 3.05) is 48.1 Å². The quantitative estimate of drug-likeness (QED) is 0.561. The predicted molar refractivity (Wildman–Crippen MR) is 149 cm³/mol. The molecule has 3 aliphatic heterocycles. The molecule has 1 saturated heterocycles. The Labute approximate surface area is 227 Å². The maximum Gasteiger partial charge on any atom is 0.161 e. The van der Waals surface area contributed by atoms with Crippen LogP contribution in [0.15, 0.2) is 24.3 Å². The SMILES string of the molecule is CC[C@H]1CN2CCc3cc(OC)c(OC)cc3[C@@H]2C[C@@H]1C[C@H]1NCCc2cc(OC)c(OC)cc21.Cl.O. The highest BCUT2D eigenvalue weighted by Gasteiger charge is 2.40. The Morgan fingerprint density at radius 3 is 1.97 bits per heavy atom. The van der Waals surface area contributed by atoms with Crippen LogP contribution in [0.1, 0.15) is 60.5 Å². The van der Waals surface area contributed by atoms with E-state index in [9.17, 15) is 0 Å². The Bertz CT molecular complexity index is 1060. The second kappa shape index (κ2) is 12.6. The van der Waals surface area contributed by atoms with Crippen LogP contribution in [0.2, 0.25) is 0 Å². The molecule has 3 aliphatic rings. The van der Waals surface area contributed by atoms with Gasteiger partial charge in [-0.1, -0.05) is 13.3 Å². The van der Waals surface area contributed by atoms with E-state index in [-0.39, 0.29) is 17.9 Å². The van der Waals surface area contributed by atoms with E-state index in [0.29, 0.717) is 23.9 Å². The monoisotopic (exact) mass is 534 g/mol. The Balaban J connectivity index is 0.00000190. The zero-order chi connectivity index (χ0) is 24.5. The summed E-state index contributed by atoms with van der Waals surface area (Å²) < 4.78 is 22.5. The van der Waals surface area contributed by atoms with Crippen LogP contribution in [0.3, 0.4) is 0 Å². The molecule has 0 aliphatic carbocycles. The van der Waals surface area contributed by atoms with E-state index in [0.717, 1.165) is 55.4 Å². The zero-order valence-electron chi connectivity index (χ0n) is 22.8. The molecule has 7 nitrogen and oxygen atoms in total. The summed E-state index contributed by atoms with van der Waals surface area (Å²) in [4.78, 5) is 2.72. The lowest BCUT2D eigenvalue weighted by molar-refractivity contribution is 0.0434. The number of piperidine rings is 1. The topological polar surface area (TPSA) is 83.7 Å².